The Bertz CT molecular complexity index is 383. The topological polar surface area (TPSA) is 26.3 Å². The van der Waals surface area contributed by atoms with Gasteiger partial charge in [-0.15, -0.1) is 0 Å². The number of methoxy groups -OCH3 is 1. The van der Waals surface area contributed by atoms with E-state index in [4.69, 9.17) is 4.74 Å². The van der Waals surface area contributed by atoms with Crippen LogP contribution in [0.2, 0.25) is 0 Å². The van der Waals surface area contributed by atoms with Gasteiger partial charge in [0, 0.05) is 0 Å². The van der Waals surface area contributed by atoms with Crippen LogP contribution in [0.15, 0.2) is 6.07 Å². The fraction of sp³-hybridized carbons (Fsp3) is 0.364. The lowest BCUT2D eigenvalue weighted by molar-refractivity contribution is 0.101. The van der Waals surface area contributed by atoms with Gasteiger partial charge in [-0.25, -0.2) is 4.39 Å². The predicted molar refractivity (Wildman–Crippen MR) is 52.4 cm³/mol. The molecule has 2 nitrogen and oxygen atoms in total. The molecular formula is C11H13FO2. The van der Waals surface area contributed by atoms with E-state index < -0.39 is 5.82 Å². The van der Waals surface area contributed by atoms with Crippen LogP contribution in [-0.2, 0) is 0 Å². The highest BCUT2D eigenvalue weighted by molar-refractivity contribution is 5.97. The van der Waals surface area contributed by atoms with Crippen molar-refractivity contribution in [2.45, 2.75) is 20.8 Å². The van der Waals surface area contributed by atoms with Gasteiger partial charge in [-0.1, -0.05) is 0 Å². The summed E-state index contributed by atoms with van der Waals surface area (Å²) in [6.07, 6.45) is 0. The Kier molecular flexibility index (Phi) is 2.89. The van der Waals surface area contributed by atoms with Crippen molar-refractivity contribution in [1.29, 1.82) is 0 Å². The Morgan fingerprint density at radius 2 is 1.93 bits per heavy atom. The van der Waals surface area contributed by atoms with E-state index in [0.717, 1.165) is 5.56 Å². The highest BCUT2D eigenvalue weighted by Crippen LogP contribution is 2.28. The predicted octanol–water partition coefficient (Wildman–Crippen LogP) is 2.65. The summed E-state index contributed by atoms with van der Waals surface area (Å²) in [5.74, 6) is -0.466. The molecule has 0 unspecified atom stereocenters. The summed E-state index contributed by atoms with van der Waals surface area (Å²) in [4.78, 5) is 11.2. The van der Waals surface area contributed by atoms with Crippen molar-refractivity contribution in [1.82, 2.24) is 0 Å². The van der Waals surface area contributed by atoms with E-state index in [2.05, 4.69) is 0 Å². The molecule has 0 aliphatic heterocycles. The van der Waals surface area contributed by atoms with E-state index in [9.17, 15) is 9.18 Å². The molecule has 1 rings (SSSR count). The average Bonchev–Trinajstić information content (AvgIpc) is 2.10. The summed E-state index contributed by atoms with van der Waals surface area (Å²) < 4.78 is 18.6. The van der Waals surface area contributed by atoms with Gasteiger partial charge in [-0.2, -0.15) is 0 Å². The van der Waals surface area contributed by atoms with Gasteiger partial charge in [-0.05, 0) is 38.0 Å². The first kappa shape index (κ1) is 10.7. The molecule has 14 heavy (non-hydrogen) atoms. The standard InChI is InChI=1S/C11H13FO2/c1-6-5-7(2)11(14-4)9(8(3)13)10(6)12/h5H,1-4H3. The highest BCUT2D eigenvalue weighted by atomic mass is 19.1. The van der Waals surface area contributed by atoms with Crippen LogP contribution in [0.1, 0.15) is 28.4 Å². The Morgan fingerprint density at radius 1 is 1.36 bits per heavy atom. The molecule has 0 saturated heterocycles. The molecule has 76 valence electrons. The Balaban J connectivity index is 3.56. The molecule has 0 spiro atoms. The number of benzene rings is 1. The van der Waals surface area contributed by atoms with Crippen LogP contribution >= 0.6 is 0 Å². The SMILES string of the molecule is COc1c(C)cc(C)c(F)c1C(C)=O. The second-order valence-electron chi connectivity index (χ2n) is 3.29. The van der Waals surface area contributed by atoms with Crippen molar-refractivity contribution >= 4 is 5.78 Å². The lowest BCUT2D eigenvalue weighted by atomic mass is 10.0. The quantitative estimate of drug-likeness (QED) is 0.680. The van der Waals surface area contributed by atoms with Crippen LogP contribution < -0.4 is 4.74 Å². The van der Waals surface area contributed by atoms with E-state index in [-0.39, 0.29) is 11.3 Å². The van der Waals surface area contributed by atoms with Crippen molar-refractivity contribution in [2.24, 2.45) is 0 Å². The minimum absolute atomic E-state index is 0.0463. The molecule has 0 saturated carbocycles. The van der Waals surface area contributed by atoms with Crippen molar-refractivity contribution in [3.8, 4) is 5.75 Å². The number of ketones is 1. The van der Waals surface area contributed by atoms with Crippen LogP contribution in [0.5, 0.6) is 5.75 Å². The molecule has 0 heterocycles. The molecule has 1 aromatic carbocycles. The smallest absolute Gasteiger partial charge is 0.166 e. The molecule has 0 N–H and O–H groups in total. The van der Waals surface area contributed by atoms with Gasteiger partial charge in [-0.3, -0.25) is 4.79 Å². The maximum Gasteiger partial charge on any atom is 0.166 e. The molecule has 0 aliphatic carbocycles. The van der Waals surface area contributed by atoms with Crippen LogP contribution in [0, 0.1) is 19.7 Å². The highest BCUT2D eigenvalue weighted by Gasteiger charge is 2.18. The normalized spacial score (nSPS) is 10.1. The average molecular weight is 196 g/mol. The molecule has 1 aromatic rings. The van der Waals surface area contributed by atoms with Gasteiger partial charge in [0.05, 0.1) is 12.7 Å². The van der Waals surface area contributed by atoms with Crippen molar-refractivity contribution < 1.29 is 13.9 Å². The number of Topliss-reactive ketones (excluding diaryl/α,β-unsaturated/α-hetero) is 1. The van der Waals surface area contributed by atoms with Gasteiger partial charge in [0.1, 0.15) is 11.6 Å². The molecule has 0 radical (unpaired) electrons. The molecule has 0 aliphatic rings. The minimum atomic E-state index is -0.486. The van der Waals surface area contributed by atoms with E-state index in [1.165, 1.54) is 14.0 Å². The number of hydrogen-bond donors (Lipinski definition) is 0. The number of aryl methyl sites for hydroxylation is 2. The summed E-state index contributed by atoms with van der Waals surface area (Å²) in [6.45, 7) is 4.76. The fourth-order valence-corrected chi connectivity index (χ4v) is 1.53. The molecule has 0 aromatic heterocycles. The summed E-state index contributed by atoms with van der Waals surface area (Å²) in [7, 11) is 1.43. The van der Waals surface area contributed by atoms with Crippen LogP contribution in [-0.4, -0.2) is 12.9 Å². The maximum absolute atomic E-state index is 13.6. The minimum Gasteiger partial charge on any atom is -0.496 e. The number of halogens is 1. The zero-order chi connectivity index (χ0) is 10.9. The van der Waals surface area contributed by atoms with Crippen LogP contribution in [0.3, 0.4) is 0 Å². The summed E-state index contributed by atoms with van der Waals surface area (Å²) in [5, 5.41) is 0. The number of carbonyl (C=O) groups is 1. The lowest BCUT2D eigenvalue weighted by Gasteiger charge is -2.11. The monoisotopic (exact) mass is 196 g/mol. The first-order chi connectivity index (χ1) is 6.49. The first-order valence-corrected chi connectivity index (χ1v) is 4.33. The second-order valence-corrected chi connectivity index (χ2v) is 3.29. The van der Waals surface area contributed by atoms with Crippen molar-refractivity contribution in [3.63, 3.8) is 0 Å². The lowest BCUT2D eigenvalue weighted by Crippen LogP contribution is -2.05. The van der Waals surface area contributed by atoms with E-state index in [1.807, 2.05) is 0 Å². The van der Waals surface area contributed by atoms with Gasteiger partial charge < -0.3 is 4.74 Å². The molecular weight excluding hydrogens is 183 g/mol. The zero-order valence-electron chi connectivity index (χ0n) is 8.77. The van der Waals surface area contributed by atoms with Gasteiger partial charge in [0.25, 0.3) is 0 Å². The third-order valence-electron chi connectivity index (χ3n) is 2.14. The van der Waals surface area contributed by atoms with E-state index in [0.29, 0.717) is 11.3 Å². The van der Waals surface area contributed by atoms with Crippen molar-refractivity contribution in [3.05, 3.63) is 28.6 Å². The number of ether oxygens (including phenoxy) is 1. The Hall–Kier alpha value is -1.38. The van der Waals surface area contributed by atoms with E-state index >= 15 is 0 Å². The largest absolute Gasteiger partial charge is 0.496 e. The molecule has 0 bridgehead atoms. The molecule has 0 amide bonds. The van der Waals surface area contributed by atoms with Gasteiger partial charge in [0.15, 0.2) is 5.78 Å². The third kappa shape index (κ3) is 1.62. The fourth-order valence-electron chi connectivity index (χ4n) is 1.53. The van der Waals surface area contributed by atoms with Gasteiger partial charge >= 0.3 is 0 Å². The molecule has 0 fully saturated rings. The maximum atomic E-state index is 13.6. The Labute approximate surface area is 82.7 Å². The number of carbonyl (C=O) groups excluding carboxylic acids is 1. The summed E-state index contributed by atoms with van der Waals surface area (Å²) >= 11 is 0. The zero-order valence-corrected chi connectivity index (χ0v) is 8.77. The van der Waals surface area contributed by atoms with Crippen LogP contribution in [0.25, 0.3) is 0 Å². The first-order valence-electron chi connectivity index (χ1n) is 4.33. The number of rotatable bonds is 2. The number of hydrogen-bond acceptors (Lipinski definition) is 2. The summed E-state index contributed by atoms with van der Waals surface area (Å²) in [5.41, 5.74) is 1.29. The summed E-state index contributed by atoms with van der Waals surface area (Å²) in [6, 6.07) is 1.67. The van der Waals surface area contributed by atoms with Crippen LogP contribution in [0.4, 0.5) is 4.39 Å². The van der Waals surface area contributed by atoms with E-state index in [1.54, 1.807) is 19.9 Å². The molecule has 3 heteroatoms. The molecule has 0 atom stereocenters. The third-order valence-corrected chi connectivity index (χ3v) is 2.14. The van der Waals surface area contributed by atoms with Gasteiger partial charge in [0.2, 0.25) is 0 Å². The van der Waals surface area contributed by atoms with Crippen molar-refractivity contribution in [2.75, 3.05) is 7.11 Å². The Morgan fingerprint density at radius 3 is 2.36 bits per heavy atom. The second kappa shape index (κ2) is 3.78.